The van der Waals surface area contributed by atoms with Crippen molar-refractivity contribution in [1.82, 2.24) is 4.98 Å². The Morgan fingerprint density at radius 1 is 1.19 bits per heavy atom. The van der Waals surface area contributed by atoms with Crippen molar-refractivity contribution in [1.29, 1.82) is 0 Å². The third kappa shape index (κ3) is 2.52. The second kappa shape index (κ2) is 5.40. The minimum absolute atomic E-state index is 0.122. The number of methoxy groups -OCH3 is 1. The van der Waals surface area contributed by atoms with Crippen LogP contribution in [0.25, 0.3) is 22.2 Å². The summed E-state index contributed by atoms with van der Waals surface area (Å²) in [5, 5.41) is 2.20. The van der Waals surface area contributed by atoms with Crippen molar-refractivity contribution in [3.05, 3.63) is 53.9 Å². The third-order valence-electron chi connectivity index (χ3n) is 3.45. The van der Waals surface area contributed by atoms with Gasteiger partial charge in [0.05, 0.1) is 19.2 Å². The Kier molecular flexibility index (Phi) is 3.44. The standard InChI is InChI=1S/C17H15NO3/c1-11-15(10-16(19)20-2)18-17(21-11)14-9-5-7-12-6-3-4-8-13(12)14/h3-9H,10H2,1-2H3. The molecule has 0 aliphatic carbocycles. The molecule has 0 unspecified atom stereocenters. The monoisotopic (exact) mass is 281 g/mol. The number of aromatic nitrogens is 1. The molecule has 4 nitrogen and oxygen atoms in total. The van der Waals surface area contributed by atoms with Crippen molar-refractivity contribution < 1.29 is 13.9 Å². The number of benzene rings is 2. The van der Waals surface area contributed by atoms with E-state index in [2.05, 4.69) is 9.72 Å². The lowest BCUT2D eigenvalue weighted by Crippen LogP contribution is -2.05. The van der Waals surface area contributed by atoms with E-state index in [9.17, 15) is 4.79 Å². The van der Waals surface area contributed by atoms with E-state index < -0.39 is 0 Å². The van der Waals surface area contributed by atoms with E-state index in [4.69, 9.17) is 4.42 Å². The smallest absolute Gasteiger partial charge is 0.311 e. The summed E-state index contributed by atoms with van der Waals surface area (Å²) >= 11 is 0. The molecular formula is C17H15NO3. The molecule has 21 heavy (non-hydrogen) atoms. The maximum atomic E-state index is 11.4. The van der Waals surface area contributed by atoms with Gasteiger partial charge in [0.25, 0.3) is 0 Å². The number of rotatable bonds is 3. The number of hydrogen-bond donors (Lipinski definition) is 0. The SMILES string of the molecule is COC(=O)Cc1nc(-c2cccc3ccccc23)oc1C. The Balaban J connectivity index is 2.07. The first-order chi connectivity index (χ1) is 10.2. The first-order valence-electron chi connectivity index (χ1n) is 6.70. The van der Waals surface area contributed by atoms with Gasteiger partial charge in [-0.25, -0.2) is 4.98 Å². The molecule has 0 aliphatic heterocycles. The fraction of sp³-hybridized carbons (Fsp3) is 0.176. The molecule has 0 fully saturated rings. The van der Waals surface area contributed by atoms with Gasteiger partial charge in [-0.05, 0) is 23.8 Å². The summed E-state index contributed by atoms with van der Waals surface area (Å²) in [6.45, 7) is 1.81. The number of oxazole rings is 1. The predicted octanol–water partition coefficient (Wildman–Crippen LogP) is 3.52. The Morgan fingerprint density at radius 2 is 1.95 bits per heavy atom. The molecule has 0 aliphatic rings. The molecule has 1 heterocycles. The average Bonchev–Trinajstić information content (AvgIpc) is 2.87. The normalized spacial score (nSPS) is 10.8. The molecule has 2 aromatic carbocycles. The summed E-state index contributed by atoms with van der Waals surface area (Å²) in [7, 11) is 1.36. The number of carbonyl (C=O) groups excluding carboxylic acids is 1. The van der Waals surface area contributed by atoms with Gasteiger partial charge < -0.3 is 9.15 Å². The minimum Gasteiger partial charge on any atom is -0.469 e. The molecule has 106 valence electrons. The Morgan fingerprint density at radius 3 is 2.76 bits per heavy atom. The van der Waals surface area contributed by atoms with Crippen LogP contribution < -0.4 is 0 Å². The highest BCUT2D eigenvalue weighted by atomic mass is 16.5. The molecule has 3 aromatic rings. The maximum Gasteiger partial charge on any atom is 0.311 e. The zero-order valence-corrected chi connectivity index (χ0v) is 11.9. The maximum absolute atomic E-state index is 11.4. The molecule has 3 rings (SSSR count). The number of hydrogen-bond acceptors (Lipinski definition) is 4. The van der Waals surface area contributed by atoms with Gasteiger partial charge in [-0.3, -0.25) is 4.79 Å². The lowest BCUT2D eigenvalue weighted by Gasteiger charge is -2.02. The molecule has 0 N–H and O–H groups in total. The van der Waals surface area contributed by atoms with E-state index in [0.29, 0.717) is 17.3 Å². The second-order valence-corrected chi connectivity index (χ2v) is 4.80. The fourth-order valence-corrected chi connectivity index (χ4v) is 2.33. The van der Waals surface area contributed by atoms with Crippen LogP contribution in [-0.2, 0) is 16.0 Å². The number of carbonyl (C=O) groups is 1. The molecule has 4 heteroatoms. The molecule has 0 atom stereocenters. The summed E-state index contributed by atoms with van der Waals surface area (Å²) < 4.78 is 10.4. The van der Waals surface area contributed by atoms with Gasteiger partial charge in [0, 0.05) is 5.56 Å². The van der Waals surface area contributed by atoms with Gasteiger partial charge in [0.2, 0.25) is 5.89 Å². The van der Waals surface area contributed by atoms with Crippen LogP contribution in [0.2, 0.25) is 0 Å². The molecule has 0 spiro atoms. The zero-order valence-electron chi connectivity index (χ0n) is 11.9. The summed E-state index contributed by atoms with van der Waals surface area (Å²) in [6, 6.07) is 14.0. The van der Waals surface area contributed by atoms with Crippen molar-refractivity contribution in [3.63, 3.8) is 0 Å². The molecule has 0 saturated carbocycles. The molecule has 1 aromatic heterocycles. The van der Waals surface area contributed by atoms with Crippen molar-refractivity contribution in [2.45, 2.75) is 13.3 Å². The number of aryl methyl sites for hydroxylation is 1. The first kappa shape index (κ1) is 13.4. The van der Waals surface area contributed by atoms with Crippen molar-refractivity contribution in [2.24, 2.45) is 0 Å². The Hall–Kier alpha value is -2.62. The van der Waals surface area contributed by atoms with Crippen molar-refractivity contribution in [2.75, 3.05) is 7.11 Å². The van der Waals surface area contributed by atoms with Crippen LogP contribution in [-0.4, -0.2) is 18.1 Å². The van der Waals surface area contributed by atoms with Crippen LogP contribution in [0.3, 0.4) is 0 Å². The molecule has 0 radical (unpaired) electrons. The van der Waals surface area contributed by atoms with Gasteiger partial charge in [-0.2, -0.15) is 0 Å². The second-order valence-electron chi connectivity index (χ2n) is 4.80. The topological polar surface area (TPSA) is 52.3 Å². The lowest BCUT2D eigenvalue weighted by molar-refractivity contribution is -0.139. The van der Waals surface area contributed by atoms with E-state index in [0.717, 1.165) is 16.3 Å². The summed E-state index contributed by atoms with van der Waals surface area (Å²) in [5.74, 6) is 0.849. The Bertz CT molecular complexity index is 799. The van der Waals surface area contributed by atoms with Crippen LogP contribution in [0.4, 0.5) is 0 Å². The Labute approximate surface area is 122 Å². The number of fused-ring (bicyclic) bond motifs is 1. The molecule has 0 amide bonds. The van der Waals surface area contributed by atoms with Gasteiger partial charge in [0.1, 0.15) is 5.76 Å². The fourth-order valence-electron chi connectivity index (χ4n) is 2.33. The van der Waals surface area contributed by atoms with E-state index in [1.807, 2.05) is 42.5 Å². The lowest BCUT2D eigenvalue weighted by atomic mass is 10.0. The largest absolute Gasteiger partial charge is 0.469 e. The van der Waals surface area contributed by atoms with E-state index in [1.165, 1.54) is 7.11 Å². The van der Waals surface area contributed by atoms with Crippen LogP contribution in [0, 0.1) is 6.92 Å². The van der Waals surface area contributed by atoms with Crippen LogP contribution in [0.5, 0.6) is 0 Å². The summed E-state index contributed by atoms with van der Waals surface area (Å²) in [4.78, 5) is 15.8. The first-order valence-corrected chi connectivity index (χ1v) is 6.70. The average molecular weight is 281 g/mol. The highest BCUT2D eigenvalue weighted by molar-refractivity contribution is 5.94. The zero-order chi connectivity index (χ0) is 14.8. The predicted molar refractivity (Wildman–Crippen MR) is 79.9 cm³/mol. The summed E-state index contributed by atoms with van der Waals surface area (Å²) in [6.07, 6.45) is 0.122. The number of ether oxygens (including phenoxy) is 1. The number of esters is 1. The quantitative estimate of drug-likeness (QED) is 0.689. The third-order valence-corrected chi connectivity index (χ3v) is 3.45. The van der Waals surface area contributed by atoms with Gasteiger partial charge in [0.15, 0.2) is 0 Å². The van der Waals surface area contributed by atoms with Crippen LogP contribution in [0.15, 0.2) is 46.9 Å². The van der Waals surface area contributed by atoms with Crippen LogP contribution in [0.1, 0.15) is 11.5 Å². The number of nitrogens with zero attached hydrogens (tertiary/aromatic N) is 1. The molecule has 0 bridgehead atoms. The van der Waals surface area contributed by atoms with Crippen LogP contribution >= 0.6 is 0 Å². The van der Waals surface area contributed by atoms with E-state index >= 15 is 0 Å². The molecular weight excluding hydrogens is 266 g/mol. The highest BCUT2D eigenvalue weighted by Gasteiger charge is 2.16. The van der Waals surface area contributed by atoms with Gasteiger partial charge in [-0.1, -0.05) is 36.4 Å². The van der Waals surface area contributed by atoms with Crippen molar-refractivity contribution in [3.8, 4) is 11.5 Å². The minimum atomic E-state index is -0.323. The van der Waals surface area contributed by atoms with E-state index in [1.54, 1.807) is 6.92 Å². The van der Waals surface area contributed by atoms with Crippen molar-refractivity contribution >= 4 is 16.7 Å². The van der Waals surface area contributed by atoms with Gasteiger partial charge >= 0.3 is 5.97 Å². The van der Waals surface area contributed by atoms with Gasteiger partial charge in [-0.15, -0.1) is 0 Å². The molecule has 0 saturated heterocycles. The highest BCUT2D eigenvalue weighted by Crippen LogP contribution is 2.29. The van der Waals surface area contributed by atoms with E-state index in [-0.39, 0.29) is 12.4 Å². The summed E-state index contributed by atoms with van der Waals surface area (Å²) in [5.41, 5.74) is 1.54.